The number of benzene rings is 1. The maximum absolute atomic E-state index is 12.1. The minimum atomic E-state index is -4.79. The lowest BCUT2D eigenvalue weighted by molar-refractivity contribution is -0.274. The number of nitrogens with one attached hydrogen (secondary N) is 1. The van der Waals surface area contributed by atoms with Crippen LogP contribution in [0.5, 0.6) is 5.75 Å². The fourth-order valence-corrected chi connectivity index (χ4v) is 1.65. The molecule has 0 bridgehead atoms. The number of alkyl halides is 5. The normalized spacial score (nSPS) is 13.5. The van der Waals surface area contributed by atoms with Crippen molar-refractivity contribution < 1.29 is 31.4 Å². The van der Waals surface area contributed by atoms with Crippen LogP contribution in [0, 0.1) is 0 Å². The molecule has 0 fully saturated rings. The SMILES string of the molecule is NNC(CCOCC(F)F)c1cccc(OC(F)(F)F)c1. The lowest BCUT2D eigenvalue weighted by Gasteiger charge is -2.17. The summed E-state index contributed by atoms with van der Waals surface area (Å²) in [7, 11) is 0. The Morgan fingerprint density at radius 3 is 2.52 bits per heavy atom. The summed E-state index contributed by atoms with van der Waals surface area (Å²) in [6, 6.07) is 4.70. The average Bonchev–Trinajstić information content (AvgIpc) is 2.36. The largest absolute Gasteiger partial charge is 0.573 e. The van der Waals surface area contributed by atoms with Crippen LogP contribution in [0.25, 0.3) is 0 Å². The molecule has 1 atom stereocenters. The zero-order valence-corrected chi connectivity index (χ0v) is 10.9. The molecule has 0 heterocycles. The number of nitrogens with two attached hydrogens (primary N) is 1. The Kier molecular flexibility index (Phi) is 6.79. The summed E-state index contributed by atoms with van der Waals surface area (Å²) in [5.74, 6) is 4.93. The van der Waals surface area contributed by atoms with Gasteiger partial charge >= 0.3 is 6.36 Å². The summed E-state index contributed by atoms with van der Waals surface area (Å²) in [5.41, 5.74) is 2.82. The van der Waals surface area contributed by atoms with Crippen LogP contribution in [-0.4, -0.2) is 26.0 Å². The van der Waals surface area contributed by atoms with Gasteiger partial charge in [0, 0.05) is 12.6 Å². The van der Waals surface area contributed by atoms with Crippen molar-refractivity contribution in [2.75, 3.05) is 13.2 Å². The van der Waals surface area contributed by atoms with Gasteiger partial charge in [-0.3, -0.25) is 11.3 Å². The highest BCUT2D eigenvalue weighted by Gasteiger charge is 2.31. The van der Waals surface area contributed by atoms with E-state index in [1.165, 1.54) is 12.1 Å². The van der Waals surface area contributed by atoms with Crippen molar-refractivity contribution in [2.45, 2.75) is 25.3 Å². The predicted octanol–water partition coefficient (Wildman–Crippen LogP) is 2.76. The van der Waals surface area contributed by atoms with Crippen molar-refractivity contribution in [1.82, 2.24) is 5.43 Å². The van der Waals surface area contributed by atoms with E-state index < -0.39 is 25.4 Å². The molecule has 1 aromatic rings. The number of ether oxygens (including phenoxy) is 2. The van der Waals surface area contributed by atoms with Gasteiger partial charge in [-0.15, -0.1) is 13.2 Å². The highest BCUT2D eigenvalue weighted by molar-refractivity contribution is 5.30. The molecule has 0 amide bonds. The Labute approximate surface area is 118 Å². The Morgan fingerprint density at radius 2 is 1.95 bits per heavy atom. The van der Waals surface area contributed by atoms with E-state index in [9.17, 15) is 22.0 Å². The summed E-state index contributed by atoms with van der Waals surface area (Å²) in [6.45, 7) is -0.710. The highest BCUT2D eigenvalue weighted by atomic mass is 19.4. The molecular weight excluding hydrogens is 299 g/mol. The first-order valence-corrected chi connectivity index (χ1v) is 5.99. The molecule has 0 radical (unpaired) electrons. The van der Waals surface area contributed by atoms with E-state index in [4.69, 9.17) is 10.6 Å². The first kappa shape index (κ1) is 17.6. The third-order valence-electron chi connectivity index (χ3n) is 2.49. The second-order valence-electron chi connectivity index (χ2n) is 4.09. The summed E-state index contributed by atoms with van der Waals surface area (Å²) < 4.78 is 68.7. The zero-order chi connectivity index (χ0) is 15.9. The predicted molar refractivity (Wildman–Crippen MR) is 64.6 cm³/mol. The lowest BCUT2D eigenvalue weighted by atomic mass is 10.0. The topological polar surface area (TPSA) is 56.5 Å². The molecule has 0 spiro atoms. The van der Waals surface area contributed by atoms with E-state index in [2.05, 4.69) is 10.2 Å². The molecule has 21 heavy (non-hydrogen) atoms. The van der Waals surface area contributed by atoms with Gasteiger partial charge in [0.2, 0.25) is 0 Å². The van der Waals surface area contributed by atoms with Crippen molar-refractivity contribution in [3.8, 4) is 5.75 Å². The molecule has 1 aromatic carbocycles. The van der Waals surface area contributed by atoms with Gasteiger partial charge in [0.15, 0.2) is 0 Å². The minimum absolute atomic E-state index is 0.0104. The number of hydrazine groups is 1. The Hall–Kier alpha value is -1.45. The van der Waals surface area contributed by atoms with Crippen molar-refractivity contribution in [3.63, 3.8) is 0 Å². The van der Waals surface area contributed by atoms with Gasteiger partial charge in [-0.05, 0) is 24.1 Å². The van der Waals surface area contributed by atoms with E-state index in [0.717, 1.165) is 6.07 Å². The monoisotopic (exact) mass is 314 g/mol. The molecule has 0 aliphatic carbocycles. The second kappa shape index (κ2) is 8.11. The first-order valence-electron chi connectivity index (χ1n) is 5.99. The highest BCUT2D eigenvalue weighted by Crippen LogP contribution is 2.26. The molecule has 0 aliphatic rings. The van der Waals surface area contributed by atoms with Crippen LogP contribution in [0.4, 0.5) is 22.0 Å². The Bertz CT molecular complexity index is 428. The molecule has 1 rings (SSSR count). The van der Waals surface area contributed by atoms with E-state index in [1.54, 1.807) is 6.07 Å². The lowest BCUT2D eigenvalue weighted by Crippen LogP contribution is -2.29. The van der Waals surface area contributed by atoms with Crippen molar-refractivity contribution in [1.29, 1.82) is 0 Å². The van der Waals surface area contributed by atoms with Crippen LogP contribution in [0.1, 0.15) is 18.0 Å². The number of hydrogen-bond donors (Lipinski definition) is 2. The van der Waals surface area contributed by atoms with Crippen molar-refractivity contribution in [2.24, 2.45) is 5.84 Å². The van der Waals surface area contributed by atoms with Crippen molar-refractivity contribution >= 4 is 0 Å². The first-order chi connectivity index (χ1) is 9.81. The van der Waals surface area contributed by atoms with Crippen LogP contribution in [-0.2, 0) is 4.74 Å². The molecule has 120 valence electrons. The van der Waals surface area contributed by atoms with E-state index in [1.807, 2.05) is 0 Å². The van der Waals surface area contributed by atoms with E-state index in [-0.39, 0.29) is 18.8 Å². The van der Waals surface area contributed by atoms with E-state index >= 15 is 0 Å². The quantitative estimate of drug-likeness (QED) is 0.335. The molecule has 0 saturated heterocycles. The summed E-state index contributed by atoms with van der Waals surface area (Å²) in [5, 5.41) is 0. The van der Waals surface area contributed by atoms with Gasteiger partial charge in [0.1, 0.15) is 12.4 Å². The third kappa shape index (κ3) is 7.21. The minimum Gasteiger partial charge on any atom is -0.406 e. The van der Waals surface area contributed by atoms with Crippen LogP contribution in [0.3, 0.4) is 0 Å². The smallest absolute Gasteiger partial charge is 0.406 e. The molecule has 1 unspecified atom stereocenters. The summed E-state index contributed by atoms with van der Waals surface area (Å²) in [4.78, 5) is 0. The fourth-order valence-electron chi connectivity index (χ4n) is 1.65. The zero-order valence-electron chi connectivity index (χ0n) is 10.9. The number of rotatable bonds is 8. The van der Waals surface area contributed by atoms with Crippen LogP contribution in [0.15, 0.2) is 24.3 Å². The third-order valence-corrected chi connectivity index (χ3v) is 2.49. The van der Waals surface area contributed by atoms with Gasteiger partial charge in [-0.25, -0.2) is 8.78 Å². The molecule has 9 heteroatoms. The van der Waals surface area contributed by atoms with E-state index in [0.29, 0.717) is 5.56 Å². The number of hydrogen-bond acceptors (Lipinski definition) is 4. The van der Waals surface area contributed by atoms with Gasteiger partial charge in [-0.2, -0.15) is 0 Å². The maximum Gasteiger partial charge on any atom is 0.573 e. The summed E-state index contributed by atoms with van der Waals surface area (Å²) >= 11 is 0. The molecular formula is C12H15F5N2O2. The van der Waals surface area contributed by atoms with Crippen molar-refractivity contribution in [3.05, 3.63) is 29.8 Å². The fraction of sp³-hybridized carbons (Fsp3) is 0.500. The van der Waals surface area contributed by atoms with Crippen LogP contribution in [0.2, 0.25) is 0 Å². The van der Waals surface area contributed by atoms with Gasteiger partial charge in [-0.1, -0.05) is 12.1 Å². The standard InChI is InChI=1S/C12H15F5N2O2/c13-11(14)7-20-5-4-10(19-18)8-2-1-3-9(6-8)21-12(15,16)17/h1-3,6,10-11,19H,4-5,7,18H2. The van der Waals surface area contributed by atoms with Crippen LogP contribution >= 0.6 is 0 Å². The average molecular weight is 314 g/mol. The Balaban J connectivity index is 2.61. The second-order valence-corrected chi connectivity index (χ2v) is 4.09. The van der Waals surface area contributed by atoms with Gasteiger partial charge < -0.3 is 9.47 Å². The van der Waals surface area contributed by atoms with Crippen LogP contribution < -0.4 is 16.0 Å². The Morgan fingerprint density at radius 1 is 1.24 bits per heavy atom. The molecule has 3 N–H and O–H groups in total. The van der Waals surface area contributed by atoms with Gasteiger partial charge in [0.25, 0.3) is 6.43 Å². The molecule has 0 aromatic heterocycles. The molecule has 4 nitrogen and oxygen atoms in total. The summed E-state index contributed by atoms with van der Waals surface area (Å²) in [6.07, 6.45) is -7.14. The molecule has 0 saturated carbocycles. The van der Waals surface area contributed by atoms with Gasteiger partial charge in [0.05, 0.1) is 0 Å². The maximum atomic E-state index is 12.1. The number of halogens is 5. The molecule has 0 aliphatic heterocycles.